The number of benzene rings is 1. The molecule has 5 aliphatic heterocycles. The predicted octanol–water partition coefficient (Wildman–Crippen LogP) is 0.537. The van der Waals surface area contributed by atoms with Gasteiger partial charge in [-0.25, -0.2) is 0 Å². The average Bonchev–Trinajstić information content (AvgIpc) is 3.23. The molecule has 6 rings (SSSR count). The van der Waals surface area contributed by atoms with Crippen molar-refractivity contribution in [3.05, 3.63) is 35.9 Å². The minimum atomic E-state index is 0.270. The highest BCUT2D eigenvalue weighted by atomic mass is 16.5. The van der Waals surface area contributed by atoms with Gasteiger partial charge in [0.15, 0.2) is 5.96 Å². The number of aliphatic imine (C=N–C) groups is 1. The van der Waals surface area contributed by atoms with Crippen LogP contribution < -0.4 is 5.32 Å². The smallest absolute Gasteiger partial charge is 0.194 e. The van der Waals surface area contributed by atoms with Gasteiger partial charge in [-0.2, -0.15) is 0 Å². The lowest BCUT2D eigenvalue weighted by Gasteiger charge is -2.47. The summed E-state index contributed by atoms with van der Waals surface area (Å²) in [6.07, 6.45) is 0.270. The fraction of sp³-hybridized carbons (Fsp3) is 0.696. The summed E-state index contributed by atoms with van der Waals surface area (Å²) >= 11 is 0. The van der Waals surface area contributed by atoms with Crippen LogP contribution in [0, 0.1) is 0 Å². The zero-order valence-electron chi connectivity index (χ0n) is 18.2. The van der Waals surface area contributed by atoms with Crippen molar-refractivity contribution in [1.29, 1.82) is 0 Å². The Morgan fingerprint density at radius 1 is 1.07 bits per heavy atom. The highest BCUT2D eigenvalue weighted by molar-refractivity contribution is 5.80. The van der Waals surface area contributed by atoms with Gasteiger partial charge in [-0.05, 0) is 12.5 Å². The van der Waals surface area contributed by atoms with Crippen molar-refractivity contribution in [2.75, 3.05) is 72.1 Å². The van der Waals surface area contributed by atoms with Crippen LogP contribution in [-0.2, 0) is 11.3 Å². The Morgan fingerprint density at radius 2 is 1.90 bits per heavy atom. The second-order valence-corrected chi connectivity index (χ2v) is 9.02. The predicted molar refractivity (Wildman–Crippen MR) is 120 cm³/mol. The van der Waals surface area contributed by atoms with E-state index in [9.17, 15) is 0 Å². The maximum Gasteiger partial charge on any atom is 0.194 e. The lowest BCUT2D eigenvalue weighted by Crippen LogP contribution is -2.62. The van der Waals surface area contributed by atoms with Crippen LogP contribution in [0.3, 0.4) is 0 Å². The first-order valence-electron chi connectivity index (χ1n) is 11.7. The van der Waals surface area contributed by atoms with Crippen molar-refractivity contribution in [3.8, 4) is 0 Å². The molecule has 5 aliphatic rings. The third-order valence-corrected chi connectivity index (χ3v) is 7.12. The average molecular weight is 413 g/mol. The zero-order chi connectivity index (χ0) is 20.3. The fourth-order valence-corrected chi connectivity index (χ4v) is 5.46. The number of piperazine rings is 3. The molecule has 3 unspecified atom stereocenters. The topological polar surface area (TPSA) is 46.6 Å². The van der Waals surface area contributed by atoms with Crippen molar-refractivity contribution in [2.45, 2.75) is 31.7 Å². The third kappa shape index (κ3) is 4.35. The largest absolute Gasteiger partial charge is 0.373 e. The molecule has 7 nitrogen and oxygen atoms in total. The van der Waals surface area contributed by atoms with E-state index in [1.807, 2.05) is 0 Å². The Balaban J connectivity index is 1.24. The molecule has 0 saturated carbocycles. The monoisotopic (exact) mass is 412 g/mol. The van der Waals surface area contributed by atoms with E-state index < -0.39 is 0 Å². The Labute approximate surface area is 180 Å². The van der Waals surface area contributed by atoms with E-state index in [1.54, 1.807) is 0 Å². The third-order valence-electron chi connectivity index (χ3n) is 7.12. The molecule has 0 aromatic heterocycles. The van der Waals surface area contributed by atoms with Crippen LogP contribution in [0.4, 0.5) is 0 Å². The van der Waals surface area contributed by atoms with Gasteiger partial charge in [0.05, 0.1) is 25.3 Å². The summed E-state index contributed by atoms with van der Waals surface area (Å²) in [6, 6.07) is 11.8. The van der Waals surface area contributed by atoms with Crippen molar-refractivity contribution in [3.63, 3.8) is 0 Å². The maximum atomic E-state index is 6.18. The Hall–Kier alpha value is -1.67. The molecule has 3 atom stereocenters. The lowest BCUT2D eigenvalue weighted by molar-refractivity contribution is -0.0502. The van der Waals surface area contributed by atoms with E-state index in [0.29, 0.717) is 12.1 Å². The summed E-state index contributed by atoms with van der Waals surface area (Å²) in [4.78, 5) is 15.3. The van der Waals surface area contributed by atoms with Crippen molar-refractivity contribution < 1.29 is 4.74 Å². The first-order valence-corrected chi connectivity index (χ1v) is 11.7. The van der Waals surface area contributed by atoms with E-state index >= 15 is 0 Å². The molecule has 0 amide bonds. The number of likely N-dealkylation sites (tertiary alicyclic amines) is 1. The van der Waals surface area contributed by atoms with Crippen LogP contribution in [0.2, 0.25) is 0 Å². The first kappa shape index (κ1) is 20.2. The van der Waals surface area contributed by atoms with Crippen LogP contribution in [0.1, 0.15) is 12.5 Å². The molecule has 1 aromatic rings. The number of hydrogen-bond acceptors (Lipinski definition) is 5. The number of ether oxygens (including phenoxy) is 1. The van der Waals surface area contributed by atoms with Gasteiger partial charge in [0.25, 0.3) is 0 Å². The molecule has 2 bridgehead atoms. The molecule has 0 aliphatic carbocycles. The highest BCUT2D eigenvalue weighted by Crippen LogP contribution is 2.25. The van der Waals surface area contributed by atoms with E-state index in [-0.39, 0.29) is 6.10 Å². The van der Waals surface area contributed by atoms with Gasteiger partial charge < -0.3 is 15.0 Å². The van der Waals surface area contributed by atoms with Crippen LogP contribution in [0.25, 0.3) is 0 Å². The molecule has 5 heterocycles. The summed E-state index contributed by atoms with van der Waals surface area (Å²) in [5, 5.41) is 3.55. The number of guanidine groups is 1. The van der Waals surface area contributed by atoms with Gasteiger partial charge in [-0.3, -0.25) is 19.7 Å². The fourth-order valence-electron chi connectivity index (χ4n) is 5.46. The van der Waals surface area contributed by atoms with Crippen LogP contribution in [-0.4, -0.2) is 116 Å². The molecule has 164 valence electrons. The summed E-state index contributed by atoms with van der Waals surface area (Å²) in [6.45, 7) is 14.7. The van der Waals surface area contributed by atoms with E-state index in [1.165, 1.54) is 38.3 Å². The summed E-state index contributed by atoms with van der Waals surface area (Å²) in [7, 11) is 0. The number of morpholine rings is 1. The Kier molecular flexibility index (Phi) is 6.22. The number of rotatable bonds is 5. The van der Waals surface area contributed by atoms with Crippen LogP contribution >= 0.6 is 0 Å². The quantitative estimate of drug-likeness (QED) is 0.563. The molecular formula is C23H36N6O. The van der Waals surface area contributed by atoms with Gasteiger partial charge in [0.2, 0.25) is 0 Å². The lowest BCUT2D eigenvalue weighted by atomic mass is 10.1. The molecule has 0 spiro atoms. The van der Waals surface area contributed by atoms with Crippen LogP contribution in [0.15, 0.2) is 35.3 Å². The summed E-state index contributed by atoms with van der Waals surface area (Å²) < 4.78 is 6.18. The molecule has 30 heavy (non-hydrogen) atoms. The second kappa shape index (κ2) is 9.22. The SMILES string of the molecule is CCNC(=NCC1CN2CCN1CC2)N1CC2OCCN(Cc3ccccc3)C2C1. The first-order chi connectivity index (χ1) is 14.8. The zero-order valence-corrected chi connectivity index (χ0v) is 18.2. The highest BCUT2D eigenvalue weighted by Gasteiger charge is 2.41. The van der Waals surface area contributed by atoms with E-state index in [4.69, 9.17) is 9.73 Å². The molecule has 1 aromatic carbocycles. The van der Waals surface area contributed by atoms with Crippen LogP contribution in [0.5, 0.6) is 0 Å². The molecule has 0 radical (unpaired) electrons. The van der Waals surface area contributed by atoms with Gasteiger partial charge in [-0.15, -0.1) is 0 Å². The summed E-state index contributed by atoms with van der Waals surface area (Å²) in [5.74, 6) is 1.06. The number of nitrogens with zero attached hydrogens (tertiary/aromatic N) is 5. The molecule has 5 saturated heterocycles. The number of nitrogens with one attached hydrogen (secondary N) is 1. The summed E-state index contributed by atoms with van der Waals surface area (Å²) in [5.41, 5.74) is 1.38. The van der Waals surface area contributed by atoms with Gasteiger partial charge >= 0.3 is 0 Å². The second-order valence-electron chi connectivity index (χ2n) is 9.02. The van der Waals surface area contributed by atoms with Crippen molar-refractivity contribution >= 4 is 5.96 Å². The van der Waals surface area contributed by atoms with Crippen molar-refractivity contribution in [1.82, 2.24) is 24.9 Å². The Bertz CT molecular complexity index is 720. The minimum Gasteiger partial charge on any atom is -0.373 e. The maximum absolute atomic E-state index is 6.18. The van der Waals surface area contributed by atoms with E-state index in [2.05, 4.69) is 62.2 Å². The normalized spacial score (nSPS) is 34.2. The molecule has 1 N–H and O–H groups in total. The van der Waals surface area contributed by atoms with Gasteiger partial charge in [0, 0.05) is 71.5 Å². The molecule has 5 fully saturated rings. The molecule has 7 heteroatoms. The number of hydrogen-bond donors (Lipinski definition) is 1. The minimum absolute atomic E-state index is 0.270. The van der Waals surface area contributed by atoms with Gasteiger partial charge in [-0.1, -0.05) is 30.3 Å². The van der Waals surface area contributed by atoms with E-state index in [0.717, 1.165) is 51.8 Å². The molecular weight excluding hydrogens is 376 g/mol. The number of fused-ring (bicyclic) bond motifs is 4. The Morgan fingerprint density at radius 3 is 2.63 bits per heavy atom. The van der Waals surface area contributed by atoms with Crippen molar-refractivity contribution in [2.24, 2.45) is 4.99 Å². The van der Waals surface area contributed by atoms with Gasteiger partial charge in [0.1, 0.15) is 0 Å². The standard InChI is InChI=1S/C23H36N6O/c1-2-24-23(25-14-20-16-26-8-10-27(20)11-9-26)29-17-21-22(18-29)30-13-12-28(21)15-19-6-4-3-5-7-19/h3-7,20-22H,2,8-18H2,1H3,(H,24,25).